The average Bonchev–Trinajstić information content (AvgIpc) is 2.64. The Labute approximate surface area is 103 Å². The summed E-state index contributed by atoms with van der Waals surface area (Å²) in [6.07, 6.45) is 0. The number of carbonyl (C=O) groups excluding carboxylic acids is 1. The minimum Gasteiger partial charge on any atom is -0.348 e. The van der Waals surface area contributed by atoms with Crippen molar-refractivity contribution in [2.75, 3.05) is 13.1 Å². The summed E-state index contributed by atoms with van der Waals surface area (Å²) in [5, 5.41) is 6.39. The molecule has 2 N–H and O–H groups in total. The van der Waals surface area contributed by atoms with E-state index in [1.54, 1.807) is 0 Å². The zero-order valence-electron chi connectivity index (χ0n) is 10.7. The molecule has 1 aromatic carbocycles. The van der Waals surface area contributed by atoms with Crippen LogP contribution in [0, 0.1) is 19.8 Å². The van der Waals surface area contributed by atoms with Crippen LogP contribution in [0.5, 0.6) is 0 Å². The van der Waals surface area contributed by atoms with Crippen LogP contribution in [0.15, 0.2) is 18.2 Å². The third-order valence-electron chi connectivity index (χ3n) is 3.46. The first-order valence-corrected chi connectivity index (χ1v) is 6.17. The molecule has 2 unspecified atom stereocenters. The quantitative estimate of drug-likeness (QED) is 0.814. The highest BCUT2D eigenvalue weighted by Gasteiger charge is 2.25. The van der Waals surface area contributed by atoms with E-state index in [9.17, 15) is 4.79 Å². The molecule has 0 radical (unpaired) electrons. The predicted octanol–water partition coefficient (Wildman–Crippen LogP) is 1.64. The van der Waals surface area contributed by atoms with Gasteiger partial charge in [0.1, 0.15) is 0 Å². The summed E-state index contributed by atoms with van der Waals surface area (Å²) in [5.41, 5.74) is 3.02. The van der Waals surface area contributed by atoms with E-state index in [2.05, 4.69) is 17.6 Å². The second-order valence-electron chi connectivity index (χ2n) is 5.03. The zero-order valence-corrected chi connectivity index (χ0v) is 10.7. The molecule has 17 heavy (non-hydrogen) atoms. The molecule has 3 heteroatoms. The van der Waals surface area contributed by atoms with Gasteiger partial charge in [-0.15, -0.1) is 0 Å². The Morgan fingerprint density at radius 2 is 2.12 bits per heavy atom. The van der Waals surface area contributed by atoms with Crippen molar-refractivity contribution in [3.63, 3.8) is 0 Å². The van der Waals surface area contributed by atoms with Gasteiger partial charge in [0.15, 0.2) is 0 Å². The Morgan fingerprint density at radius 1 is 1.35 bits per heavy atom. The van der Waals surface area contributed by atoms with Gasteiger partial charge in [-0.2, -0.15) is 0 Å². The minimum atomic E-state index is 0.0445. The van der Waals surface area contributed by atoms with E-state index in [0.29, 0.717) is 5.92 Å². The van der Waals surface area contributed by atoms with Crippen molar-refractivity contribution in [2.24, 2.45) is 5.92 Å². The average molecular weight is 232 g/mol. The van der Waals surface area contributed by atoms with Crippen LogP contribution in [-0.2, 0) is 0 Å². The van der Waals surface area contributed by atoms with Crippen molar-refractivity contribution < 1.29 is 4.79 Å². The molecule has 1 aliphatic heterocycles. The standard InChI is InChI=1S/C14H20N2O/c1-9-4-5-12(10(2)6-9)14(17)16-13-8-15-7-11(13)3/h4-6,11,13,15H,7-8H2,1-3H3,(H,16,17). The number of nitrogens with one attached hydrogen (secondary N) is 2. The van der Waals surface area contributed by atoms with Gasteiger partial charge in [-0.3, -0.25) is 4.79 Å². The first-order chi connectivity index (χ1) is 8.08. The lowest BCUT2D eigenvalue weighted by atomic mass is 10.0. The monoisotopic (exact) mass is 232 g/mol. The molecule has 92 valence electrons. The highest BCUT2D eigenvalue weighted by molar-refractivity contribution is 5.95. The predicted molar refractivity (Wildman–Crippen MR) is 69.2 cm³/mol. The van der Waals surface area contributed by atoms with Crippen LogP contribution >= 0.6 is 0 Å². The van der Waals surface area contributed by atoms with E-state index < -0.39 is 0 Å². The number of benzene rings is 1. The topological polar surface area (TPSA) is 41.1 Å². The van der Waals surface area contributed by atoms with Crippen molar-refractivity contribution in [2.45, 2.75) is 26.8 Å². The van der Waals surface area contributed by atoms with E-state index >= 15 is 0 Å². The largest absolute Gasteiger partial charge is 0.348 e. The molecule has 1 saturated heterocycles. The summed E-state index contributed by atoms with van der Waals surface area (Å²) < 4.78 is 0. The van der Waals surface area contributed by atoms with E-state index in [0.717, 1.165) is 24.2 Å². The molecule has 3 nitrogen and oxygen atoms in total. The fourth-order valence-electron chi connectivity index (χ4n) is 2.32. The normalized spacial score (nSPS) is 23.7. The molecule has 0 spiro atoms. The van der Waals surface area contributed by atoms with E-state index in [-0.39, 0.29) is 11.9 Å². The maximum atomic E-state index is 12.1. The Bertz CT molecular complexity index is 428. The molecule has 2 rings (SSSR count). The molecule has 0 saturated carbocycles. The Hall–Kier alpha value is -1.35. The molecule has 1 aromatic rings. The van der Waals surface area contributed by atoms with Crippen LogP contribution in [0.1, 0.15) is 28.4 Å². The summed E-state index contributed by atoms with van der Waals surface area (Å²) >= 11 is 0. The van der Waals surface area contributed by atoms with Crippen molar-refractivity contribution in [1.82, 2.24) is 10.6 Å². The van der Waals surface area contributed by atoms with Crippen molar-refractivity contribution in [3.8, 4) is 0 Å². The highest BCUT2D eigenvalue weighted by atomic mass is 16.1. The van der Waals surface area contributed by atoms with Crippen molar-refractivity contribution >= 4 is 5.91 Å². The number of hydrogen-bond acceptors (Lipinski definition) is 2. The molecular formula is C14H20N2O. The molecule has 1 aliphatic rings. The molecule has 1 fully saturated rings. The van der Waals surface area contributed by atoms with Crippen LogP contribution < -0.4 is 10.6 Å². The summed E-state index contributed by atoms with van der Waals surface area (Å²) in [7, 11) is 0. The van der Waals surface area contributed by atoms with Gasteiger partial charge < -0.3 is 10.6 Å². The fourth-order valence-corrected chi connectivity index (χ4v) is 2.32. The molecule has 0 aliphatic carbocycles. The van der Waals surface area contributed by atoms with Gasteiger partial charge in [0.2, 0.25) is 0 Å². The fraction of sp³-hybridized carbons (Fsp3) is 0.500. The van der Waals surface area contributed by atoms with Gasteiger partial charge in [-0.05, 0) is 37.9 Å². The summed E-state index contributed by atoms with van der Waals surface area (Å²) in [6.45, 7) is 8.04. The third-order valence-corrected chi connectivity index (χ3v) is 3.46. The van der Waals surface area contributed by atoms with Gasteiger partial charge in [0.25, 0.3) is 5.91 Å². The van der Waals surface area contributed by atoms with Crippen LogP contribution in [0.4, 0.5) is 0 Å². The second-order valence-corrected chi connectivity index (χ2v) is 5.03. The first-order valence-electron chi connectivity index (χ1n) is 6.17. The van der Waals surface area contributed by atoms with Crippen molar-refractivity contribution in [1.29, 1.82) is 0 Å². The Balaban J connectivity index is 2.09. The summed E-state index contributed by atoms with van der Waals surface area (Å²) in [6, 6.07) is 6.19. The molecule has 0 bridgehead atoms. The zero-order chi connectivity index (χ0) is 12.4. The molecule has 1 amide bonds. The van der Waals surface area contributed by atoms with Gasteiger partial charge in [-0.1, -0.05) is 24.6 Å². The SMILES string of the molecule is Cc1ccc(C(=O)NC2CNCC2C)c(C)c1. The van der Waals surface area contributed by atoms with Crippen molar-refractivity contribution in [3.05, 3.63) is 34.9 Å². The lowest BCUT2D eigenvalue weighted by molar-refractivity contribution is 0.0932. The number of aryl methyl sites for hydroxylation is 2. The molecular weight excluding hydrogens is 212 g/mol. The smallest absolute Gasteiger partial charge is 0.251 e. The highest BCUT2D eigenvalue weighted by Crippen LogP contribution is 2.13. The van der Waals surface area contributed by atoms with Gasteiger partial charge >= 0.3 is 0 Å². The van der Waals surface area contributed by atoms with Crippen LogP contribution in [0.2, 0.25) is 0 Å². The molecule has 2 atom stereocenters. The van der Waals surface area contributed by atoms with E-state index in [1.807, 2.05) is 32.0 Å². The van der Waals surface area contributed by atoms with Crippen LogP contribution in [-0.4, -0.2) is 25.0 Å². The van der Waals surface area contributed by atoms with Gasteiger partial charge in [-0.25, -0.2) is 0 Å². The number of carbonyl (C=O) groups is 1. The summed E-state index contributed by atoms with van der Waals surface area (Å²) in [5.74, 6) is 0.549. The number of rotatable bonds is 2. The number of amides is 1. The lowest BCUT2D eigenvalue weighted by Crippen LogP contribution is -2.39. The maximum absolute atomic E-state index is 12.1. The Kier molecular flexibility index (Phi) is 3.48. The van der Waals surface area contributed by atoms with E-state index in [1.165, 1.54) is 5.56 Å². The first kappa shape index (κ1) is 12.1. The lowest BCUT2D eigenvalue weighted by Gasteiger charge is -2.17. The summed E-state index contributed by atoms with van der Waals surface area (Å²) in [4.78, 5) is 12.1. The second kappa shape index (κ2) is 4.88. The van der Waals surface area contributed by atoms with Crippen LogP contribution in [0.25, 0.3) is 0 Å². The third kappa shape index (κ3) is 2.67. The molecule has 1 heterocycles. The number of hydrogen-bond donors (Lipinski definition) is 2. The maximum Gasteiger partial charge on any atom is 0.251 e. The van der Waals surface area contributed by atoms with Crippen LogP contribution in [0.3, 0.4) is 0 Å². The Morgan fingerprint density at radius 3 is 2.71 bits per heavy atom. The van der Waals surface area contributed by atoms with Gasteiger partial charge in [0.05, 0.1) is 0 Å². The van der Waals surface area contributed by atoms with Gasteiger partial charge in [0, 0.05) is 18.2 Å². The van der Waals surface area contributed by atoms with E-state index in [4.69, 9.17) is 0 Å². The minimum absolute atomic E-state index is 0.0445. The molecule has 0 aromatic heterocycles.